The number of amides is 1. The van der Waals surface area contributed by atoms with Gasteiger partial charge in [-0.25, -0.2) is 0 Å². The second-order valence-electron chi connectivity index (χ2n) is 4.52. The van der Waals surface area contributed by atoms with Crippen molar-refractivity contribution >= 4 is 11.6 Å². The summed E-state index contributed by atoms with van der Waals surface area (Å²) in [4.78, 5) is 16.8. The number of hydrogen-bond donors (Lipinski definition) is 1. The Bertz CT molecular complexity index is 411. The fourth-order valence-electron chi connectivity index (χ4n) is 2.33. The van der Waals surface area contributed by atoms with Crippen molar-refractivity contribution in [2.24, 2.45) is 0 Å². The van der Waals surface area contributed by atoms with E-state index in [0.29, 0.717) is 0 Å². The van der Waals surface area contributed by atoms with Crippen molar-refractivity contribution in [1.29, 1.82) is 0 Å². The van der Waals surface area contributed by atoms with E-state index in [2.05, 4.69) is 17.1 Å². The fraction of sp³-hybridized carbons (Fsp3) is 0.500. The van der Waals surface area contributed by atoms with Crippen molar-refractivity contribution < 1.29 is 4.79 Å². The molecule has 4 nitrogen and oxygen atoms in total. The van der Waals surface area contributed by atoms with Crippen molar-refractivity contribution in [1.82, 2.24) is 9.80 Å². The first-order valence-electron chi connectivity index (χ1n) is 6.54. The van der Waals surface area contributed by atoms with Crippen LogP contribution < -0.4 is 5.32 Å². The topological polar surface area (TPSA) is 35.6 Å². The molecule has 1 heterocycles. The van der Waals surface area contributed by atoms with Crippen molar-refractivity contribution in [3.05, 3.63) is 29.8 Å². The van der Waals surface area contributed by atoms with Crippen molar-refractivity contribution in [2.45, 2.75) is 6.92 Å². The third kappa shape index (κ3) is 2.64. The molecule has 1 aliphatic rings. The van der Waals surface area contributed by atoms with E-state index >= 15 is 0 Å². The monoisotopic (exact) mass is 247 g/mol. The second-order valence-corrected chi connectivity index (χ2v) is 4.52. The summed E-state index contributed by atoms with van der Waals surface area (Å²) in [5.41, 5.74) is 1.67. The van der Waals surface area contributed by atoms with Crippen LogP contribution in [-0.4, -0.2) is 55.5 Å². The lowest BCUT2D eigenvalue weighted by molar-refractivity contribution is 0.0644. The highest BCUT2D eigenvalue weighted by Gasteiger charge is 2.22. The minimum atomic E-state index is 0.135. The Morgan fingerprint density at radius 1 is 1.22 bits per heavy atom. The minimum Gasteiger partial charge on any atom is -0.387 e. The van der Waals surface area contributed by atoms with Gasteiger partial charge < -0.3 is 15.1 Å². The number of anilines is 1. The summed E-state index contributed by atoms with van der Waals surface area (Å²) >= 11 is 0. The molecular formula is C14H21N3O. The number of nitrogens with one attached hydrogen (secondary N) is 1. The number of likely N-dealkylation sites (N-methyl/N-ethyl adjacent to an activating group) is 1. The first-order valence-corrected chi connectivity index (χ1v) is 6.54. The quantitative estimate of drug-likeness (QED) is 0.879. The van der Waals surface area contributed by atoms with E-state index < -0.39 is 0 Å². The third-order valence-corrected chi connectivity index (χ3v) is 3.53. The smallest absolute Gasteiger partial charge is 0.256 e. The number of benzene rings is 1. The molecule has 2 rings (SSSR count). The van der Waals surface area contributed by atoms with E-state index in [1.807, 2.05) is 36.2 Å². The van der Waals surface area contributed by atoms with E-state index in [9.17, 15) is 4.79 Å². The molecule has 1 aliphatic heterocycles. The third-order valence-electron chi connectivity index (χ3n) is 3.53. The van der Waals surface area contributed by atoms with Gasteiger partial charge in [-0.1, -0.05) is 19.1 Å². The molecule has 1 saturated heterocycles. The Hall–Kier alpha value is -1.55. The molecule has 0 aliphatic carbocycles. The summed E-state index contributed by atoms with van der Waals surface area (Å²) in [5.74, 6) is 0.135. The summed E-state index contributed by atoms with van der Waals surface area (Å²) < 4.78 is 0. The van der Waals surface area contributed by atoms with Crippen LogP contribution in [0.5, 0.6) is 0 Å². The zero-order valence-electron chi connectivity index (χ0n) is 11.1. The van der Waals surface area contributed by atoms with Crippen LogP contribution in [0.25, 0.3) is 0 Å². The van der Waals surface area contributed by atoms with Crippen molar-refractivity contribution in [3.8, 4) is 0 Å². The molecule has 0 atom stereocenters. The maximum absolute atomic E-state index is 12.4. The van der Waals surface area contributed by atoms with Gasteiger partial charge in [0.1, 0.15) is 0 Å². The molecule has 1 N–H and O–H groups in total. The van der Waals surface area contributed by atoms with E-state index in [-0.39, 0.29) is 5.91 Å². The normalized spacial score (nSPS) is 16.7. The zero-order chi connectivity index (χ0) is 13.0. The van der Waals surface area contributed by atoms with Crippen LogP contribution in [0.15, 0.2) is 24.3 Å². The number of carbonyl (C=O) groups excluding carboxylic acids is 1. The van der Waals surface area contributed by atoms with Gasteiger partial charge >= 0.3 is 0 Å². The van der Waals surface area contributed by atoms with Crippen LogP contribution in [0, 0.1) is 0 Å². The van der Waals surface area contributed by atoms with E-state index in [1.165, 1.54) is 0 Å². The Kier molecular flexibility index (Phi) is 4.20. The first kappa shape index (κ1) is 12.9. The van der Waals surface area contributed by atoms with Gasteiger partial charge in [-0.15, -0.1) is 0 Å². The lowest BCUT2D eigenvalue weighted by Crippen LogP contribution is -2.48. The maximum Gasteiger partial charge on any atom is 0.256 e. The number of piperazine rings is 1. The van der Waals surface area contributed by atoms with Crippen LogP contribution in [0.1, 0.15) is 17.3 Å². The molecule has 0 unspecified atom stereocenters. The Morgan fingerprint density at radius 3 is 2.50 bits per heavy atom. The molecular weight excluding hydrogens is 226 g/mol. The predicted octanol–water partition coefficient (Wildman–Crippen LogP) is 1.51. The standard InChI is InChI=1S/C14H21N3O/c1-3-16-8-10-17(11-9-16)14(18)12-6-4-5-7-13(12)15-2/h4-7,15H,3,8-11H2,1-2H3. The van der Waals surface area contributed by atoms with Crippen molar-refractivity contribution in [3.63, 3.8) is 0 Å². The Morgan fingerprint density at radius 2 is 1.89 bits per heavy atom. The van der Waals surface area contributed by atoms with Gasteiger partial charge in [0.2, 0.25) is 0 Å². The molecule has 1 fully saturated rings. The number of hydrogen-bond acceptors (Lipinski definition) is 3. The lowest BCUT2D eigenvalue weighted by Gasteiger charge is -2.34. The number of carbonyl (C=O) groups is 1. The van der Waals surface area contributed by atoms with Gasteiger partial charge in [-0.05, 0) is 18.7 Å². The molecule has 1 aromatic carbocycles. The molecule has 4 heteroatoms. The van der Waals surface area contributed by atoms with Gasteiger partial charge in [0.25, 0.3) is 5.91 Å². The zero-order valence-corrected chi connectivity index (χ0v) is 11.1. The summed E-state index contributed by atoms with van der Waals surface area (Å²) in [6.07, 6.45) is 0. The van der Waals surface area contributed by atoms with E-state index in [0.717, 1.165) is 44.0 Å². The largest absolute Gasteiger partial charge is 0.387 e. The predicted molar refractivity (Wildman–Crippen MR) is 74.0 cm³/mol. The highest BCUT2D eigenvalue weighted by molar-refractivity contribution is 5.99. The van der Waals surface area contributed by atoms with Crippen LogP contribution in [0.2, 0.25) is 0 Å². The lowest BCUT2D eigenvalue weighted by atomic mass is 10.1. The highest BCUT2D eigenvalue weighted by atomic mass is 16.2. The summed E-state index contributed by atoms with van der Waals surface area (Å²) in [5, 5.41) is 3.08. The fourth-order valence-corrected chi connectivity index (χ4v) is 2.33. The average Bonchev–Trinajstić information content (AvgIpc) is 2.46. The Labute approximate surface area is 109 Å². The molecule has 0 spiro atoms. The van der Waals surface area contributed by atoms with Crippen LogP contribution >= 0.6 is 0 Å². The molecule has 0 bridgehead atoms. The molecule has 18 heavy (non-hydrogen) atoms. The molecule has 1 amide bonds. The average molecular weight is 247 g/mol. The SMILES string of the molecule is CCN1CCN(C(=O)c2ccccc2NC)CC1. The van der Waals surface area contributed by atoms with Crippen LogP contribution in [0.3, 0.4) is 0 Å². The highest BCUT2D eigenvalue weighted by Crippen LogP contribution is 2.17. The van der Waals surface area contributed by atoms with Gasteiger partial charge in [-0.2, -0.15) is 0 Å². The molecule has 98 valence electrons. The van der Waals surface area contributed by atoms with Gasteiger partial charge in [0, 0.05) is 38.9 Å². The molecule has 0 radical (unpaired) electrons. The van der Waals surface area contributed by atoms with Gasteiger partial charge in [-0.3, -0.25) is 4.79 Å². The summed E-state index contributed by atoms with van der Waals surface area (Å²) in [7, 11) is 1.85. The summed E-state index contributed by atoms with van der Waals surface area (Å²) in [6.45, 7) is 6.83. The van der Waals surface area contributed by atoms with Crippen molar-refractivity contribution in [2.75, 3.05) is 45.1 Å². The van der Waals surface area contributed by atoms with E-state index in [4.69, 9.17) is 0 Å². The van der Waals surface area contributed by atoms with Crippen LogP contribution in [0.4, 0.5) is 5.69 Å². The molecule has 0 saturated carbocycles. The number of nitrogens with zero attached hydrogens (tertiary/aromatic N) is 2. The molecule has 0 aromatic heterocycles. The maximum atomic E-state index is 12.4. The van der Waals surface area contributed by atoms with E-state index in [1.54, 1.807) is 0 Å². The molecule has 1 aromatic rings. The number of rotatable bonds is 3. The second kappa shape index (κ2) is 5.87. The summed E-state index contributed by atoms with van der Waals surface area (Å²) in [6, 6.07) is 7.68. The number of para-hydroxylation sites is 1. The van der Waals surface area contributed by atoms with Crippen LogP contribution in [-0.2, 0) is 0 Å². The minimum absolute atomic E-state index is 0.135. The Balaban J connectivity index is 2.08. The first-order chi connectivity index (χ1) is 8.76. The van der Waals surface area contributed by atoms with Gasteiger partial charge in [0.15, 0.2) is 0 Å². The van der Waals surface area contributed by atoms with Gasteiger partial charge in [0.05, 0.1) is 5.56 Å².